The molecule has 0 spiro atoms. The number of imidazole rings is 1. The highest BCUT2D eigenvalue weighted by molar-refractivity contribution is 6.07. The first-order chi connectivity index (χ1) is 34.2. The SMILES string of the molecule is Cl.N[C@H]1CCOc2c(C(=O)Nc3ccc(F)c(F)c3)ccc(F)c21.O=C(N[C@H]1CCOc2c(C(=O)Nc3ccc(F)c(F)c3)ccc(F)c21)OCc1ccccn1.O=C(OCc1ccccn1)n1ccnc1. The zero-order valence-electron chi connectivity index (χ0n) is 37.3. The van der Waals surface area contributed by atoms with Crippen LogP contribution in [-0.2, 0) is 22.7 Å². The zero-order chi connectivity index (χ0) is 50.4. The molecule has 4 aromatic carbocycles. The molecule has 2 aliphatic rings. The first kappa shape index (κ1) is 52.9. The van der Waals surface area contributed by atoms with Crippen LogP contribution in [0.25, 0.3) is 0 Å². The molecule has 23 heteroatoms. The van der Waals surface area contributed by atoms with Gasteiger partial charge in [0.2, 0.25) is 0 Å². The van der Waals surface area contributed by atoms with E-state index >= 15 is 0 Å². The predicted octanol–water partition coefficient (Wildman–Crippen LogP) is 9.52. The van der Waals surface area contributed by atoms with Crippen molar-refractivity contribution in [3.63, 3.8) is 0 Å². The number of carbonyl (C=O) groups excluding carboxylic acids is 4. The molecule has 0 radical (unpaired) electrons. The number of aromatic nitrogens is 4. The average Bonchev–Trinajstić information content (AvgIpc) is 3.92. The molecule has 72 heavy (non-hydrogen) atoms. The number of fused-ring (bicyclic) bond motifs is 2. The number of hydrogen-bond acceptors (Lipinski definition) is 12. The summed E-state index contributed by atoms with van der Waals surface area (Å²) in [5.74, 6) is -6.80. The van der Waals surface area contributed by atoms with E-state index in [1.165, 1.54) is 47.6 Å². The number of halogens is 7. The van der Waals surface area contributed by atoms with E-state index in [2.05, 4.69) is 30.9 Å². The summed E-state index contributed by atoms with van der Waals surface area (Å²) in [7, 11) is 0. The molecule has 0 fully saturated rings. The van der Waals surface area contributed by atoms with Gasteiger partial charge in [-0.25, -0.2) is 45.5 Å². The predicted molar refractivity (Wildman–Crippen MR) is 248 cm³/mol. The third kappa shape index (κ3) is 13.6. The van der Waals surface area contributed by atoms with Gasteiger partial charge in [-0.3, -0.25) is 19.6 Å². The number of alkyl carbamates (subject to hydrolysis) is 1. The second-order valence-electron chi connectivity index (χ2n) is 15.2. The quantitative estimate of drug-likeness (QED) is 0.0997. The third-order valence-electron chi connectivity index (χ3n) is 10.3. The Bertz CT molecular complexity index is 3020. The van der Waals surface area contributed by atoms with Gasteiger partial charge in [-0.15, -0.1) is 12.4 Å². The molecule has 2 atom stereocenters. The van der Waals surface area contributed by atoms with Gasteiger partial charge in [0, 0.05) is 72.7 Å². The fourth-order valence-electron chi connectivity index (χ4n) is 6.90. The molecule has 374 valence electrons. The Kier molecular flexibility index (Phi) is 18.3. The van der Waals surface area contributed by atoms with E-state index in [9.17, 15) is 45.5 Å². The molecule has 2 aliphatic heterocycles. The Morgan fingerprint density at radius 3 is 1.65 bits per heavy atom. The Labute approximate surface area is 411 Å². The first-order valence-electron chi connectivity index (χ1n) is 21.3. The van der Waals surface area contributed by atoms with Crippen molar-refractivity contribution < 1.29 is 64.5 Å². The third-order valence-corrected chi connectivity index (χ3v) is 10.3. The smallest absolute Gasteiger partial charge is 0.419 e. The number of nitrogens with zero attached hydrogens (tertiary/aromatic N) is 4. The molecule has 0 saturated carbocycles. The molecule has 5 heterocycles. The summed E-state index contributed by atoms with van der Waals surface area (Å²) >= 11 is 0. The van der Waals surface area contributed by atoms with E-state index in [-0.39, 0.29) is 90.4 Å². The summed E-state index contributed by atoms with van der Waals surface area (Å²) in [5.41, 5.74) is 7.41. The standard InChI is InChI=1S/C23H18F3N3O4.C16H13F3N2O2.C10H9N3O2.ClH/c24-16-6-4-13(11-18(16)26)28-22(30)15-5-7-17(25)20-19(8-10-32-21(15)20)29-23(31)33-12-14-3-1-2-9-27-14;17-10-3-1-8(7-12(10)19)21-16(22)9-2-4-11(18)14-13(20)5-6-23-15(9)14;14-10(13-6-5-11-8-13)15-7-9-3-1-2-4-12-9;/h1-7,9,11,19H,8,10,12H2,(H,28,30)(H,29,31);1-4,7,13H,5-6,20H2,(H,21,22);1-6,8H,7H2;1H/t19-;13-;;/m00../s1. The molecular formula is C49H41ClF6N8O8. The Morgan fingerprint density at radius 1 is 0.625 bits per heavy atom. The Morgan fingerprint density at radius 2 is 1.14 bits per heavy atom. The highest BCUT2D eigenvalue weighted by Crippen LogP contribution is 2.38. The van der Waals surface area contributed by atoms with E-state index in [0.717, 1.165) is 36.4 Å². The van der Waals surface area contributed by atoms with Crippen molar-refractivity contribution in [1.29, 1.82) is 0 Å². The molecular weight excluding hydrogens is 978 g/mol. The van der Waals surface area contributed by atoms with Crippen LogP contribution in [0.2, 0.25) is 0 Å². The van der Waals surface area contributed by atoms with Crippen LogP contribution in [0.5, 0.6) is 11.5 Å². The average molecular weight is 1020 g/mol. The van der Waals surface area contributed by atoms with E-state index in [1.807, 2.05) is 6.07 Å². The number of nitrogens with one attached hydrogen (secondary N) is 3. The number of ether oxygens (including phenoxy) is 4. The number of hydrogen-bond donors (Lipinski definition) is 4. The summed E-state index contributed by atoms with van der Waals surface area (Å²) in [4.78, 5) is 60.5. The molecule has 0 bridgehead atoms. The van der Waals surface area contributed by atoms with Crippen molar-refractivity contribution in [3.8, 4) is 11.5 Å². The molecule has 5 N–H and O–H groups in total. The number of amides is 3. The van der Waals surface area contributed by atoms with Gasteiger partial charge in [-0.05, 0) is 72.8 Å². The molecule has 0 unspecified atom stereocenters. The summed E-state index contributed by atoms with van der Waals surface area (Å²) in [6.45, 7) is 0.468. The first-order valence-corrected chi connectivity index (χ1v) is 21.3. The van der Waals surface area contributed by atoms with Crippen LogP contribution < -0.4 is 31.2 Å². The lowest BCUT2D eigenvalue weighted by Crippen LogP contribution is -2.34. The minimum atomic E-state index is -1.13. The highest BCUT2D eigenvalue weighted by Gasteiger charge is 2.32. The van der Waals surface area contributed by atoms with Crippen molar-refractivity contribution in [1.82, 2.24) is 24.8 Å². The normalized spacial score (nSPS) is 14.0. The van der Waals surface area contributed by atoms with Gasteiger partial charge < -0.3 is 40.6 Å². The second kappa shape index (κ2) is 24.9. The Hall–Kier alpha value is -8.50. The van der Waals surface area contributed by atoms with Crippen LogP contribution in [0.4, 0.5) is 47.3 Å². The van der Waals surface area contributed by atoms with Crippen molar-refractivity contribution in [2.45, 2.75) is 38.1 Å². The fourth-order valence-corrected chi connectivity index (χ4v) is 6.90. The Balaban J connectivity index is 0.000000189. The molecule has 3 aromatic heterocycles. The van der Waals surface area contributed by atoms with Crippen molar-refractivity contribution in [2.24, 2.45) is 5.73 Å². The summed E-state index contributed by atoms with van der Waals surface area (Å²) in [6, 6.07) is 19.8. The van der Waals surface area contributed by atoms with Crippen LogP contribution in [0.1, 0.15) is 68.2 Å². The van der Waals surface area contributed by atoms with Gasteiger partial charge in [0.05, 0.1) is 47.3 Å². The zero-order valence-corrected chi connectivity index (χ0v) is 38.1. The van der Waals surface area contributed by atoms with E-state index in [4.69, 9.17) is 24.7 Å². The van der Waals surface area contributed by atoms with Crippen LogP contribution in [0, 0.1) is 34.9 Å². The minimum absolute atomic E-state index is 0. The van der Waals surface area contributed by atoms with Gasteiger partial charge in [-0.1, -0.05) is 12.1 Å². The maximum absolute atomic E-state index is 14.7. The maximum atomic E-state index is 14.7. The van der Waals surface area contributed by atoms with Crippen molar-refractivity contribution in [3.05, 3.63) is 197 Å². The van der Waals surface area contributed by atoms with Crippen LogP contribution in [0.3, 0.4) is 0 Å². The minimum Gasteiger partial charge on any atom is -0.492 e. The molecule has 9 rings (SSSR count). The van der Waals surface area contributed by atoms with Gasteiger partial charge >= 0.3 is 12.2 Å². The number of nitrogens with two attached hydrogens (primary N) is 1. The van der Waals surface area contributed by atoms with E-state index in [1.54, 1.807) is 42.7 Å². The number of benzene rings is 4. The van der Waals surface area contributed by atoms with E-state index < -0.39 is 71.0 Å². The van der Waals surface area contributed by atoms with Crippen molar-refractivity contribution in [2.75, 3.05) is 23.8 Å². The molecule has 0 aliphatic carbocycles. The molecule has 0 saturated heterocycles. The van der Waals surface area contributed by atoms with Crippen LogP contribution in [0.15, 0.2) is 128 Å². The maximum Gasteiger partial charge on any atom is 0.419 e. The molecule has 7 aromatic rings. The monoisotopic (exact) mass is 1020 g/mol. The summed E-state index contributed by atoms with van der Waals surface area (Å²) in [5, 5.41) is 7.43. The van der Waals surface area contributed by atoms with Crippen LogP contribution >= 0.6 is 12.4 Å². The summed E-state index contributed by atoms with van der Waals surface area (Å²) in [6.07, 6.45) is 7.10. The topological polar surface area (TPSA) is 211 Å². The van der Waals surface area contributed by atoms with Crippen molar-refractivity contribution >= 4 is 47.8 Å². The number of rotatable bonds is 9. The summed E-state index contributed by atoms with van der Waals surface area (Å²) < 4.78 is 104. The lowest BCUT2D eigenvalue weighted by atomic mass is 9.96. The van der Waals surface area contributed by atoms with Gasteiger partial charge in [0.25, 0.3) is 11.8 Å². The number of carbonyl (C=O) groups is 4. The highest BCUT2D eigenvalue weighted by atomic mass is 35.5. The van der Waals surface area contributed by atoms with Gasteiger partial charge in [-0.2, -0.15) is 0 Å². The molecule has 3 amide bonds. The second-order valence-corrected chi connectivity index (χ2v) is 15.2. The van der Waals surface area contributed by atoms with Gasteiger partial charge in [0.1, 0.15) is 42.7 Å². The molecule has 16 nitrogen and oxygen atoms in total. The lowest BCUT2D eigenvalue weighted by molar-refractivity contribution is 0.101. The van der Waals surface area contributed by atoms with E-state index in [0.29, 0.717) is 17.8 Å². The largest absolute Gasteiger partial charge is 0.492 e. The number of anilines is 2. The lowest BCUT2D eigenvalue weighted by Gasteiger charge is -2.28. The van der Waals surface area contributed by atoms with Crippen LogP contribution in [-0.4, -0.2) is 56.7 Å². The number of pyridine rings is 2. The fraction of sp³-hybridized carbons (Fsp3) is 0.163. The van der Waals surface area contributed by atoms with Gasteiger partial charge in [0.15, 0.2) is 23.3 Å².